The fourth-order valence-corrected chi connectivity index (χ4v) is 3.94. The van der Waals surface area contributed by atoms with Gasteiger partial charge in [0.15, 0.2) is 11.6 Å². The van der Waals surface area contributed by atoms with Gasteiger partial charge in [-0.15, -0.1) is 0 Å². The Kier molecular flexibility index (Phi) is 8.53. The Morgan fingerprint density at radius 3 is 2.50 bits per heavy atom. The normalized spacial score (nSPS) is 20.8. The van der Waals surface area contributed by atoms with Crippen LogP contribution in [-0.4, -0.2) is 6.61 Å². The Morgan fingerprint density at radius 1 is 1.15 bits per heavy atom. The Labute approximate surface area is 155 Å². The maximum absolute atomic E-state index is 14.2. The van der Waals surface area contributed by atoms with Crippen molar-refractivity contribution in [2.24, 2.45) is 11.8 Å². The van der Waals surface area contributed by atoms with Crippen LogP contribution in [0.5, 0.6) is 5.75 Å². The van der Waals surface area contributed by atoms with Crippen molar-refractivity contribution >= 4 is 0 Å². The van der Waals surface area contributed by atoms with E-state index in [1.165, 1.54) is 44.6 Å². The predicted molar refractivity (Wildman–Crippen MR) is 100 cm³/mol. The highest BCUT2D eigenvalue weighted by molar-refractivity contribution is 5.38. The van der Waals surface area contributed by atoms with Crippen LogP contribution < -0.4 is 4.74 Å². The molecule has 0 amide bonds. The number of benzene rings is 1. The lowest BCUT2D eigenvalue weighted by atomic mass is 9.80. The lowest BCUT2D eigenvalue weighted by Crippen LogP contribution is -2.12. The van der Waals surface area contributed by atoms with Crippen molar-refractivity contribution in [3.05, 3.63) is 41.2 Å². The molecule has 26 heavy (non-hydrogen) atoms. The molecule has 1 fully saturated rings. The van der Waals surface area contributed by atoms with Crippen LogP contribution in [0.4, 0.5) is 13.2 Å². The van der Waals surface area contributed by atoms with Crippen LogP contribution in [0.1, 0.15) is 76.3 Å². The van der Waals surface area contributed by atoms with E-state index in [9.17, 15) is 13.2 Å². The number of aryl methyl sites for hydroxylation is 1. The molecule has 0 aliphatic heterocycles. The quantitative estimate of drug-likeness (QED) is 0.417. The van der Waals surface area contributed by atoms with E-state index < -0.39 is 17.8 Å². The first-order chi connectivity index (χ1) is 12.6. The van der Waals surface area contributed by atoms with Gasteiger partial charge in [0.05, 0.1) is 12.2 Å². The highest BCUT2D eigenvalue weighted by Crippen LogP contribution is 2.34. The van der Waals surface area contributed by atoms with E-state index in [4.69, 9.17) is 4.74 Å². The summed E-state index contributed by atoms with van der Waals surface area (Å²) in [6, 6.07) is 3.03. The first-order valence-electron chi connectivity index (χ1n) is 9.95. The second-order valence-corrected chi connectivity index (χ2v) is 7.22. The summed E-state index contributed by atoms with van der Waals surface area (Å²) < 4.78 is 45.9. The molecular weight excluding hydrogens is 337 g/mol. The summed E-state index contributed by atoms with van der Waals surface area (Å²) in [7, 11) is 0. The molecule has 1 aliphatic carbocycles. The second kappa shape index (κ2) is 10.6. The van der Waals surface area contributed by atoms with Gasteiger partial charge < -0.3 is 4.74 Å². The summed E-state index contributed by atoms with van der Waals surface area (Å²) in [6.45, 7) is 4.20. The van der Waals surface area contributed by atoms with E-state index >= 15 is 0 Å². The Morgan fingerprint density at radius 2 is 1.88 bits per heavy atom. The first-order valence-corrected chi connectivity index (χ1v) is 9.95. The van der Waals surface area contributed by atoms with Crippen molar-refractivity contribution in [3.8, 4) is 5.75 Å². The molecule has 0 N–H and O–H groups in total. The molecule has 1 nitrogen and oxygen atoms in total. The molecule has 1 saturated carbocycles. The fourth-order valence-electron chi connectivity index (χ4n) is 3.94. The van der Waals surface area contributed by atoms with Gasteiger partial charge in [0, 0.05) is 0 Å². The zero-order chi connectivity index (χ0) is 18.9. The third kappa shape index (κ3) is 5.78. The van der Waals surface area contributed by atoms with Gasteiger partial charge in [0.1, 0.15) is 0 Å². The third-order valence-corrected chi connectivity index (χ3v) is 5.33. The van der Waals surface area contributed by atoms with E-state index in [1.54, 1.807) is 13.0 Å². The lowest BCUT2D eigenvalue weighted by Gasteiger charge is -2.26. The molecule has 0 aromatic heterocycles. The van der Waals surface area contributed by atoms with Gasteiger partial charge in [-0.3, -0.25) is 0 Å². The average molecular weight is 368 g/mol. The van der Waals surface area contributed by atoms with Crippen molar-refractivity contribution in [2.45, 2.75) is 71.6 Å². The van der Waals surface area contributed by atoms with Crippen LogP contribution in [0.15, 0.2) is 24.3 Å². The van der Waals surface area contributed by atoms with Gasteiger partial charge in [-0.05, 0) is 68.9 Å². The van der Waals surface area contributed by atoms with Crippen molar-refractivity contribution in [2.75, 3.05) is 6.61 Å². The number of alkyl halides is 2. The summed E-state index contributed by atoms with van der Waals surface area (Å²) in [4.78, 5) is 0. The van der Waals surface area contributed by atoms with Gasteiger partial charge in [0.2, 0.25) is 0 Å². The molecule has 0 spiro atoms. The molecule has 0 heterocycles. The summed E-state index contributed by atoms with van der Waals surface area (Å²) >= 11 is 0. The van der Waals surface area contributed by atoms with E-state index in [0.717, 1.165) is 5.92 Å². The van der Waals surface area contributed by atoms with E-state index in [0.29, 0.717) is 24.3 Å². The van der Waals surface area contributed by atoms with Crippen molar-refractivity contribution in [3.63, 3.8) is 0 Å². The first kappa shape index (κ1) is 20.9. The number of halogens is 3. The predicted octanol–water partition coefficient (Wildman–Crippen LogP) is 7.26. The summed E-state index contributed by atoms with van der Waals surface area (Å²) in [5.41, 5.74) is -0.137. The minimum Gasteiger partial charge on any atom is -0.491 e. The van der Waals surface area contributed by atoms with Gasteiger partial charge >= 0.3 is 0 Å². The molecule has 0 atom stereocenters. The molecule has 0 unspecified atom stereocenters. The summed E-state index contributed by atoms with van der Waals surface area (Å²) in [5.74, 6) is 0.475. The minimum absolute atomic E-state index is 0.0917. The van der Waals surface area contributed by atoms with Crippen LogP contribution in [0.2, 0.25) is 0 Å². The van der Waals surface area contributed by atoms with Gasteiger partial charge in [-0.25, -0.2) is 13.2 Å². The highest BCUT2D eigenvalue weighted by Gasteiger charge is 2.22. The highest BCUT2D eigenvalue weighted by atomic mass is 19.3. The van der Waals surface area contributed by atoms with Crippen LogP contribution in [-0.2, 0) is 6.42 Å². The molecule has 4 heteroatoms. The number of hydrogen-bond acceptors (Lipinski definition) is 1. The molecule has 2 rings (SSSR count). The summed E-state index contributed by atoms with van der Waals surface area (Å²) in [5, 5.41) is 0. The Hall–Kier alpha value is -1.45. The zero-order valence-corrected chi connectivity index (χ0v) is 15.9. The molecule has 1 aromatic carbocycles. The maximum atomic E-state index is 14.2. The topological polar surface area (TPSA) is 9.23 Å². The number of allylic oxidation sites excluding steroid dienone is 2. The van der Waals surface area contributed by atoms with Crippen LogP contribution in [0.25, 0.3) is 0 Å². The molecule has 1 aromatic rings. The van der Waals surface area contributed by atoms with E-state index in [1.807, 2.05) is 0 Å². The van der Waals surface area contributed by atoms with Crippen molar-refractivity contribution in [1.82, 2.24) is 0 Å². The molecule has 1 aliphatic rings. The van der Waals surface area contributed by atoms with E-state index in [2.05, 4.69) is 19.1 Å². The molecule has 0 radical (unpaired) electrons. The van der Waals surface area contributed by atoms with Crippen LogP contribution in [0.3, 0.4) is 0 Å². The number of rotatable bonds is 9. The lowest BCUT2D eigenvalue weighted by molar-refractivity contribution is 0.143. The smallest absolute Gasteiger partial charge is 0.267 e. The van der Waals surface area contributed by atoms with Crippen LogP contribution in [0, 0.1) is 17.7 Å². The van der Waals surface area contributed by atoms with Crippen molar-refractivity contribution in [1.29, 1.82) is 0 Å². The fraction of sp³-hybridized carbons (Fsp3) is 0.636. The number of ether oxygens (including phenoxy) is 1. The standard InChI is InChI=1S/C22H31F3O/c1-3-7-16-10-12-17(13-11-16)8-5-6-9-18-14-15-19(26-4-2)21(23)20(18)22(24)25/h5,8,14-17,22H,3-4,6-7,9-13H2,1-2H3/b8-5+. The molecule has 146 valence electrons. The second-order valence-electron chi connectivity index (χ2n) is 7.22. The van der Waals surface area contributed by atoms with E-state index in [-0.39, 0.29) is 12.4 Å². The van der Waals surface area contributed by atoms with Gasteiger partial charge in [-0.1, -0.05) is 38.0 Å². The maximum Gasteiger partial charge on any atom is 0.267 e. The number of hydrogen-bond donors (Lipinski definition) is 0. The minimum atomic E-state index is -2.83. The SMILES string of the molecule is CCCC1CCC(/C=C/CCc2ccc(OCC)c(F)c2C(F)F)CC1. The van der Waals surface area contributed by atoms with Crippen LogP contribution >= 0.6 is 0 Å². The Balaban J connectivity index is 1.90. The average Bonchev–Trinajstić information content (AvgIpc) is 2.62. The zero-order valence-electron chi connectivity index (χ0n) is 15.9. The molecule has 0 saturated heterocycles. The largest absolute Gasteiger partial charge is 0.491 e. The van der Waals surface area contributed by atoms with Crippen molar-refractivity contribution < 1.29 is 17.9 Å². The van der Waals surface area contributed by atoms with Gasteiger partial charge in [0.25, 0.3) is 6.43 Å². The third-order valence-electron chi connectivity index (χ3n) is 5.33. The molecule has 0 bridgehead atoms. The summed E-state index contributed by atoms with van der Waals surface area (Å²) in [6.07, 6.45) is 10.2. The molecular formula is C22H31F3O. The monoisotopic (exact) mass is 368 g/mol. The Bertz CT molecular complexity index is 575. The van der Waals surface area contributed by atoms with Gasteiger partial charge in [-0.2, -0.15) is 0 Å².